The Kier molecular flexibility index (Phi) is 8.83. The third-order valence-electron chi connectivity index (χ3n) is 7.08. The predicted molar refractivity (Wildman–Crippen MR) is 144 cm³/mol. The molecule has 1 amide bonds. The van der Waals surface area contributed by atoms with E-state index in [0.717, 1.165) is 28.4 Å². The van der Waals surface area contributed by atoms with Crippen LogP contribution in [-0.2, 0) is 17.8 Å². The van der Waals surface area contributed by atoms with Crippen LogP contribution in [0, 0.1) is 19.8 Å². The van der Waals surface area contributed by atoms with Gasteiger partial charge in [0.15, 0.2) is 0 Å². The van der Waals surface area contributed by atoms with E-state index in [9.17, 15) is 9.59 Å². The van der Waals surface area contributed by atoms with E-state index < -0.39 is 5.97 Å². The molecule has 1 aliphatic rings. The molecule has 4 rings (SSSR count). The number of para-hydroxylation sites is 2. The van der Waals surface area contributed by atoms with Crippen molar-refractivity contribution in [2.24, 2.45) is 5.92 Å². The summed E-state index contributed by atoms with van der Waals surface area (Å²) in [7, 11) is 0. The fourth-order valence-corrected chi connectivity index (χ4v) is 4.45. The Morgan fingerprint density at radius 2 is 1.62 bits per heavy atom. The SMILES string of the molecule is Cc1c(OCc2ccc(CC3CCC3)cc2)ccc(C(=O)Nc2ccccc2OCCCC(=O)O)c1C. The number of nitrogens with one attached hydrogen (secondary N) is 1. The largest absolute Gasteiger partial charge is 0.491 e. The molecule has 0 bridgehead atoms. The van der Waals surface area contributed by atoms with Crippen LogP contribution in [0.15, 0.2) is 60.7 Å². The lowest BCUT2D eigenvalue weighted by atomic mass is 9.81. The van der Waals surface area contributed by atoms with Crippen molar-refractivity contribution in [3.63, 3.8) is 0 Å². The lowest BCUT2D eigenvalue weighted by Gasteiger charge is -2.25. The summed E-state index contributed by atoms with van der Waals surface area (Å²) in [6, 6.07) is 19.5. The molecule has 0 radical (unpaired) electrons. The zero-order valence-corrected chi connectivity index (χ0v) is 21.6. The Hall–Kier alpha value is -3.80. The molecule has 0 unspecified atom stereocenters. The fraction of sp³-hybridized carbons (Fsp3) is 0.355. The monoisotopic (exact) mass is 501 g/mol. The first-order valence-electron chi connectivity index (χ1n) is 13.0. The van der Waals surface area contributed by atoms with Crippen LogP contribution in [0.1, 0.15) is 64.7 Å². The molecule has 194 valence electrons. The first-order valence-corrected chi connectivity index (χ1v) is 13.0. The maximum absolute atomic E-state index is 13.1. The van der Waals surface area contributed by atoms with Gasteiger partial charge in [-0.25, -0.2) is 0 Å². The summed E-state index contributed by atoms with van der Waals surface area (Å²) in [5.74, 6) is 1.02. The van der Waals surface area contributed by atoms with E-state index in [1.165, 1.54) is 31.2 Å². The number of rotatable bonds is 12. The standard InChI is InChI=1S/C31H35NO5/c1-21-22(2)28(37-20-25-14-12-24(13-15-25)19-23-7-5-8-23)17-16-26(21)31(35)32-27-9-3-4-10-29(27)36-18-6-11-30(33)34/h3-4,9-10,12-17,23H,5-8,11,18-20H2,1-2H3,(H,32,35)(H,33,34). The van der Waals surface area contributed by atoms with Gasteiger partial charge in [-0.2, -0.15) is 0 Å². The third kappa shape index (κ3) is 7.13. The van der Waals surface area contributed by atoms with Crippen molar-refractivity contribution in [1.29, 1.82) is 0 Å². The number of hydrogen-bond acceptors (Lipinski definition) is 4. The highest BCUT2D eigenvalue weighted by Crippen LogP contribution is 2.30. The van der Waals surface area contributed by atoms with Crippen molar-refractivity contribution in [2.45, 2.75) is 59.0 Å². The number of carbonyl (C=O) groups excluding carboxylic acids is 1. The summed E-state index contributed by atoms with van der Waals surface area (Å²) >= 11 is 0. The number of amides is 1. The molecule has 1 fully saturated rings. The molecule has 0 saturated heterocycles. The molecule has 3 aromatic rings. The lowest BCUT2D eigenvalue weighted by molar-refractivity contribution is -0.137. The topological polar surface area (TPSA) is 84.9 Å². The molecule has 0 aromatic heterocycles. The van der Waals surface area contributed by atoms with Gasteiger partial charge in [0.2, 0.25) is 0 Å². The lowest BCUT2D eigenvalue weighted by Crippen LogP contribution is -2.15. The average molecular weight is 502 g/mol. The number of ether oxygens (including phenoxy) is 2. The van der Waals surface area contributed by atoms with E-state index in [0.29, 0.717) is 30.0 Å². The van der Waals surface area contributed by atoms with Crippen LogP contribution in [0.4, 0.5) is 5.69 Å². The minimum absolute atomic E-state index is 0.0349. The van der Waals surface area contributed by atoms with Gasteiger partial charge in [-0.15, -0.1) is 0 Å². The highest BCUT2D eigenvalue weighted by Gasteiger charge is 2.18. The predicted octanol–water partition coefficient (Wildman–Crippen LogP) is 6.72. The number of anilines is 1. The van der Waals surface area contributed by atoms with Gasteiger partial charge in [-0.1, -0.05) is 55.7 Å². The van der Waals surface area contributed by atoms with Crippen molar-refractivity contribution in [2.75, 3.05) is 11.9 Å². The maximum atomic E-state index is 13.1. The Bertz CT molecular complexity index is 1230. The van der Waals surface area contributed by atoms with Gasteiger partial charge in [-0.3, -0.25) is 9.59 Å². The van der Waals surface area contributed by atoms with Gasteiger partial charge >= 0.3 is 5.97 Å². The highest BCUT2D eigenvalue weighted by atomic mass is 16.5. The zero-order valence-electron chi connectivity index (χ0n) is 21.6. The first kappa shape index (κ1) is 26.3. The molecular formula is C31H35NO5. The molecule has 6 heteroatoms. The van der Waals surface area contributed by atoms with Crippen molar-refractivity contribution in [3.8, 4) is 11.5 Å². The van der Waals surface area contributed by atoms with Gasteiger partial charge in [0.25, 0.3) is 5.91 Å². The van der Waals surface area contributed by atoms with Gasteiger partial charge in [0.05, 0.1) is 12.3 Å². The van der Waals surface area contributed by atoms with E-state index in [4.69, 9.17) is 14.6 Å². The molecule has 0 aliphatic heterocycles. The van der Waals surface area contributed by atoms with Crippen LogP contribution < -0.4 is 14.8 Å². The van der Waals surface area contributed by atoms with E-state index in [-0.39, 0.29) is 18.9 Å². The number of carboxylic acid groups (broad SMARTS) is 1. The molecule has 6 nitrogen and oxygen atoms in total. The minimum atomic E-state index is -0.861. The number of benzene rings is 3. The Morgan fingerprint density at radius 3 is 2.32 bits per heavy atom. The molecule has 0 atom stereocenters. The molecule has 0 heterocycles. The molecule has 2 N–H and O–H groups in total. The van der Waals surface area contributed by atoms with E-state index in [1.807, 2.05) is 32.0 Å². The van der Waals surface area contributed by atoms with Crippen LogP contribution in [0.3, 0.4) is 0 Å². The average Bonchev–Trinajstić information content (AvgIpc) is 2.86. The Morgan fingerprint density at radius 1 is 0.892 bits per heavy atom. The molecule has 37 heavy (non-hydrogen) atoms. The Labute approximate surface area is 218 Å². The summed E-state index contributed by atoms with van der Waals surface area (Å²) in [5.41, 5.74) is 5.39. The highest BCUT2D eigenvalue weighted by molar-refractivity contribution is 6.06. The fourth-order valence-electron chi connectivity index (χ4n) is 4.45. The molecule has 3 aromatic carbocycles. The first-order chi connectivity index (χ1) is 17.9. The third-order valence-corrected chi connectivity index (χ3v) is 7.08. The van der Waals surface area contributed by atoms with Crippen LogP contribution in [0.5, 0.6) is 11.5 Å². The van der Waals surface area contributed by atoms with E-state index in [2.05, 4.69) is 29.6 Å². The molecule has 1 saturated carbocycles. The molecule has 1 aliphatic carbocycles. The van der Waals surface area contributed by atoms with Crippen molar-refractivity contribution in [1.82, 2.24) is 0 Å². The molecule has 0 spiro atoms. The van der Waals surface area contributed by atoms with Crippen molar-refractivity contribution in [3.05, 3.63) is 88.5 Å². The van der Waals surface area contributed by atoms with Crippen LogP contribution in [0.25, 0.3) is 0 Å². The van der Waals surface area contributed by atoms with Gasteiger partial charge in [0.1, 0.15) is 18.1 Å². The number of hydrogen-bond donors (Lipinski definition) is 2. The van der Waals surface area contributed by atoms with Gasteiger partial charge in [-0.05, 0) is 79.1 Å². The smallest absolute Gasteiger partial charge is 0.303 e. The number of carbonyl (C=O) groups is 2. The van der Waals surface area contributed by atoms with Crippen LogP contribution in [0.2, 0.25) is 0 Å². The zero-order chi connectivity index (χ0) is 26.2. The normalized spacial score (nSPS) is 13.0. The summed E-state index contributed by atoms with van der Waals surface area (Å²) < 4.78 is 11.8. The van der Waals surface area contributed by atoms with Crippen LogP contribution in [-0.4, -0.2) is 23.6 Å². The second-order valence-corrected chi connectivity index (χ2v) is 9.76. The molecular weight excluding hydrogens is 466 g/mol. The second-order valence-electron chi connectivity index (χ2n) is 9.76. The summed E-state index contributed by atoms with van der Waals surface area (Å²) in [6.07, 6.45) is 5.67. The number of carboxylic acids is 1. The van der Waals surface area contributed by atoms with E-state index >= 15 is 0 Å². The summed E-state index contributed by atoms with van der Waals surface area (Å²) in [6.45, 7) is 4.61. The summed E-state index contributed by atoms with van der Waals surface area (Å²) in [5, 5.41) is 11.7. The minimum Gasteiger partial charge on any atom is -0.491 e. The van der Waals surface area contributed by atoms with E-state index in [1.54, 1.807) is 18.2 Å². The maximum Gasteiger partial charge on any atom is 0.303 e. The number of aliphatic carboxylic acids is 1. The second kappa shape index (κ2) is 12.4. The van der Waals surface area contributed by atoms with Crippen LogP contribution >= 0.6 is 0 Å². The van der Waals surface area contributed by atoms with Crippen molar-refractivity contribution < 1.29 is 24.2 Å². The van der Waals surface area contributed by atoms with Gasteiger partial charge in [0, 0.05) is 12.0 Å². The Balaban J connectivity index is 1.36. The quantitative estimate of drug-likeness (QED) is 0.269. The van der Waals surface area contributed by atoms with Gasteiger partial charge < -0.3 is 19.9 Å². The summed E-state index contributed by atoms with van der Waals surface area (Å²) in [4.78, 5) is 23.8. The van der Waals surface area contributed by atoms with Crippen molar-refractivity contribution >= 4 is 17.6 Å².